The monoisotopic (exact) mass is 512 g/mol. The maximum Gasteiger partial charge on any atom is 0.417 e. The maximum absolute atomic E-state index is 13.0. The van der Waals surface area contributed by atoms with Crippen LogP contribution in [0, 0.1) is 0 Å². The molecule has 12 heteroatoms. The van der Waals surface area contributed by atoms with Crippen LogP contribution in [0.15, 0.2) is 47.5 Å². The quantitative estimate of drug-likeness (QED) is 0.614. The van der Waals surface area contributed by atoms with E-state index in [9.17, 15) is 26.4 Å². The number of nitrogens with zero attached hydrogens (tertiary/aromatic N) is 2. The van der Waals surface area contributed by atoms with Crippen molar-refractivity contribution in [2.75, 3.05) is 4.90 Å². The number of carbonyl (C=O) groups is 1. The summed E-state index contributed by atoms with van der Waals surface area (Å²) in [5, 5.41) is 8.21. The molecule has 4 rings (SSSR count). The molecule has 2 fully saturated rings. The predicted octanol–water partition coefficient (Wildman–Crippen LogP) is 3.22. The molecule has 2 aliphatic heterocycles. The van der Waals surface area contributed by atoms with Crippen LogP contribution in [0.2, 0.25) is 0 Å². The maximum atomic E-state index is 13.0. The van der Waals surface area contributed by atoms with Crippen molar-refractivity contribution in [3.8, 4) is 5.88 Å². The Kier molecular flexibility index (Phi) is 6.47. The molecule has 2 saturated heterocycles. The van der Waals surface area contributed by atoms with E-state index in [1.807, 2.05) is 0 Å². The molecule has 1 aromatic heterocycles. The minimum atomic E-state index is -4.50. The number of pyridine rings is 1. The number of ether oxygens (including phenoxy) is 1. The number of nitrogens with two attached hydrogens (primary N) is 1. The highest BCUT2D eigenvalue weighted by atomic mass is 32.2. The summed E-state index contributed by atoms with van der Waals surface area (Å²) in [5.41, 5.74) is -1.33. The van der Waals surface area contributed by atoms with Crippen molar-refractivity contribution in [1.29, 1.82) is 0 Å². The van der Waals surface area contributed by atoms with E-state index in [-0.39, 0.29) is 34.8 Å². The number of sulfonamides is 1. The van der Waals surface area contributed by atoms with Crippen molar-refractivity contribution >= 4 is 21.6 Å². The van der Waals surface area contributed by atoms with E-state index in [4.69, 9.17) is 9.88 Å². The molecule has 2 aromatic rings. The van der Waals surface area contributed by atoms with Crippen molar-refractivity contribution in [3.63, 3.8) is 0 Å². The first-order valence-electron chi connectivity index (χ1n) is 11.2. The highest BCUT2D eigenvalue weighted by molar-refractivity contribution is 7.89. The topological polar surface area (TPSA) is 115 Å². The normalized spacial score (nSPS) is 22.7. The van der Waals surface area contributed by atoms with Crippen molar-refractivity contribution in [1.82, 2.24) is 10.3 Å². The molecule has 1 amide bonds. The molecular weight excluding hydrogens is 485 g/mol. The zero-order chi connectivity index (χ0) is 25.6. The molecule has 2 unspecified atom stereocenters. The number of aromatic nitrogens is 1. The Bertz CT molecular complexity index is 1170. The van der Waals surface area contributed by atoms with Crippen molar-refractivity contribution in [3.05, 3.63) is 48.2 Å². The SMILES string of the molecule is CC(C)(Oc1ccc(C(F)(F)F)cn1)C(=O)NC1CC2CCC(C1)N2c1ccc(S(N)(=O)=O)cc1. The lowest BCUT2D eigenvalue weighted by Crippen LogP contribution is -2.55. The minimum absolute atomic E-state index is 0.0560. The van der Waals surface area contributed by atoms with Crippen LogP contribution in [-0.2, 0) is 21.0 Å². The highest BCUT2D eigenvalue weighted by Crippen LogP contribution is 2.39. The number of piperidine rings is 1. The third-order valence-electron chi connectivity index (χ3n) is 6.50. The van der Waals surface area contributed by atoms with E-state index in [1.54, 1.807) is 26.0 Å². The second-order valence-electron chi connectivity index (χ2n) is 9.47. The van der Waals surface area contributed by atoms with E-state index in [1.165, 1.54) is 12.1 Å². The Morgan fingerprint density at radius 1 is 1.09 bits per heavy atom. The van der Waals surface area contributed by atoms with Gasteiger partial charge in [-0.1, -0.05) is 0 Å². The van der Waals surface area contributed by atoms with Crippen LogP contribution in [-0.4, -0.2) is 43.0 Å². The number of alkyl halides is 3. The zero-order valence-corrected chi connectivity index (χ0v) is 20.1. The van der Waals surface area contributed by atoms with Crippen LogP contribution in [0.25, 0.3) is 0 Å². The summed E-state index contributed by atoms with van der Waals surface area (Å²) < 4.78 is 66.9. The van der Waals surface area contributed by atoms with Gasteiger partial charge in [0.2, 0.25) is 15.9 Å². The number of nitrogens with one attached hydrogen (secondary N) is 1. The second kappa shape index (κ2) is 8.98. The smallest absolute Gasteiger partial charge is 0.417 e. The first-order chi connectivity index (χ1) is 16.2. The van der Waals surface area contributed by atoms with Crippen LogP contribution in [0.4, 0.5) is 18.9 Å². The van der Waals surface area contributed by atoms with Gasteiger partial charge in [-0.15, -0.1) is 0 Å². The Balaban J connectivity index is 1.38. The molecule has 2 bridgehead atoms. The van der Waals surface area contributed by atoms with Gasteiger partial charge in [-0.3, -0.25) is 4.79 Å². The highest BCUT2D eigenvalue weighted by Gasteiger charge is 2.43. The number of hydrogen-bond donors (Lipinski definition) is 2. The fourth-order valence-electron chi connectivity index (χ4n) is 4.80. The number of halogens is 3. The Morgan fingerprint density at radius 2 is 1.69 bits per heavy atom. The summed E-state index contributed by atoms with van der Waals surface area (Å²) in [6, 6.07) is 8.70. The van der Waals surface area contributed by atoms with E-state index >= 15 is 0 Å². The van der Waals surface area contributed by atoms with Gasteiger partial charge in [0.05, 0.1) is 10.5 Å². The molecule has 0 aliphatic carbocycles. The summed E-state index contributed by atoms with van der Waals surface area (Å²) in [7, 11) is -3.76. The molecule has 3 heterocycles. The molecule has 190 valence electrons. The predicted molar refractivity (Wildman–Crippen MR) is 122 cm³/mol. The second-order valence-corrected chi connectivity index (χ2v) is 11.0. The average molecular weight is 513 g/mol. The Hall–Kier alpha value is -2.86. The molecule has 0 spiro atoms. The van der Waals surface area contributed by atoms with Gasteiger partial charge in [-0.25, -0.2) is 18.5 Å². The molecule has 0 radical (unpaired) electrons. The van der Waals surface area contributed by atoms with Gasteiger partial charge in [0.15, 0.2) is 5.60 Å². The van der Waals surface area contributed by atoms with Gasteiger partial charge in [-0.05, 0) is 69.9 Å². The summed E-state index contributed by atoms with van der Waals surface area (Å²) in [5.74, 6) is -0.453. The number of anilines is 1. The first-order valence-corrected chi connectivity index (χ1v) is 12.7. The molecule has 0 saturated carbocycles. The molecule has 3 N–H and O–H groups in total. The van der Waals surface area contributed by atoms with Crippen molar-refractivity contribution in [2.45, 2.75) is 74.3 Å². The lowest BCUT2D eigenvalue weighted by atomic mass is 9.95. The molecule has 35 heavy (non-hydrogen) atoms. The Morgan fingerprint density at radius 3 is 2.17 bits per heavy atom. The van der Waals surface area contributed by atoms with Crippen LogP contribution in [0.1, 0.15) is 45.1 Å². The summed E-state index contributed by atoms with van der Waals surface area (Å²) in [6.07, 6.45) is -0.530. The number of amides is 1. The summed E-state index contributed by atoms with van der Waals surface area (Å²) >= 11 is 0. The third kappa shape index (κ3) is 5.53. The van der Waals surface area contributed by atoms with Gasteiger partial charge >= 0.3 is 6.18 Å². The molecular formula is C23H27F3N4O4S. The van der Waals surface area contributed by atoms with Crippen molar-refractivity contribution < 1.29 is 31.1 Å². The summed E-state index contributed by atoms with van der Waals surface area (Å²) in [4.78, 5) is 19.0. The first kappa shape index (κ1) is 25.2. The largest absolute Gasteiger partial charge is 0.462 e. The Labute approximate surface area is 201 Å². The lowest BCUT2D eigenvalue weighted by Gasteiger charge is -2.41. The minimum Gasteiger partial charge on any atom is -0.462 e. The average Bonchev–Trinajstić information content (AvgIpc) is 3.03. The van der Waals surface area contributed by atoms with Crippen LogP contribution >= 0.6 is 0 Å². The van der Waals surface area contributed by atoms with Crippen LogP contribution in [0.3, 0.4) is 0 Å². The number of fused-ring (bicyclic) bond motifs is 2. The van der Waals surface area contributed by atoms with E-state index in [2.05, 4.69) is 15.2 Å². The van der Waals surface area contributed by atoms with E-state index in [0.717, 1.165) is 30.7 Å². The van der Waals surface area contributed by atoms with Gasteiger partial charge in [0.1, 0.15) is 0 Å². The number of rotatable bonds is 6. The fourth-order valence-corrected chi connectivity index (χ4v) is 5.32. The standard InChI is InChI=1S/C23H27F3N4O4S/c1-22(2,34-20-10-3-14(13-28-20)23(24,25)26)21(31)29-15-11-17-4-5-18(12-15)30(17)16-6-8-19(9-7-16)35(27,32)33/h3,6-10,13,15,17-18H,4-5,11-12H2,1-2H3,(H,29,31)(H2,27,32,33). The number of primary sulfonamides is 1. The van der Waals surface area contributed by atoms with Crippen molar-refractivity contribution in [2.24, 2.45) is 5.14 Å². The fraction of sp³-hybridized carbons (Fsp3) is 0.478. The lowest BCUT2D eigenvalue weighted by molar-refractivity contribution is -0.138. The zero-order valence-electron chi connectivity index (χ0n) is 19.2. The summed E-state index contributed by atoms with van der Waals surface area (Å²) in [6.45, 7) is 3.08. The molecule has 1 aromatic carbocycles. The third-order valence-corrected chi connectivity index (χ3v) is 7.43. The van der Waals surface area contributed by atoms with Crippen LogP contribution in [0.5, 0.6) is 5.88 Å². The van der Waals surface area contributed by atoms with E-state index in [0.29, 0.717) is 19.0 Å². The molecule has 2 atom stereocenters. The molecule has 2 aliphatic rings. The van der Waals surface area contributed by atoms with Gasteiger partial charge < -0.3 is 15.0 Å². The number of hydrogen-bond acceptors (Lipinski definition) is 6. The van der Waals surface area contributed by atoms with Gasteiger partial charge in [0, 0.05) is 36.1 Å². The van der Waals surface area contributed by atoms with Gasteiger partial charge in [0.25, 0.3) is 5.91 Å². The number of benzene rings is 1. The molecule has 8 nitrogen and oxygen atoms in total. The van der Waals surface area contributed by atoms with Gasteiger partial charge in [-0.2, -0.15) is 13.2 Å². The van der Waals surface area contributed by atoms with Crippen LogP contribution < -0.4 is 20.1 Å². The number of carbonyl (C=O) groups excluding carboxylic acids is 1. The van der Waals surface area contributed by atoms with E-state index < -0.39 is 27.4 Å².